The van der Waals surface area contributed by atoms with Crippen LogP contribution < -0.4 is 5.32 Å². The number of hydrogen-bond acceptors (Lipinski definition) is 1. The minimum Gasteiger partial charge on any atom is -0.316 e. The molecule has 0 aromatic heterocycles. The summed E-state index contributed by atoms with van der Waals surface area (Å²) in [5.74, 6) is 1.59. The van der Waals surface area contributed by atoms with Crippen LogP contribution in [0.25, 0.3) is 0 Å². The van der Waals surface area contributed by atoms with Crippen molar-refractivity contribution in [1.82, 2.24) is 5.32 Å². The average molecular weight is 259 g/mol. The summed E-state index contributed by atoms with van der Waals surface area (Å²) in [6, 6.07) is 8.99. The van der Waals surface area contributed by atoms with Gasteiger partial charge < -0.3 is 5.32 Å². The van der Waals surface area contributed by atoms with Crippen molar-refractivity contribution in [3.05, 3.63) is 35.4 Å². The Kier molecular flexibility index (Phi) is 5.91. The molecule has 1 heteroatoms. The molecule has 0 bridgehead atoms. The minimum absolute atomic E-state index is 0.708. The highest BCUT2D eigenvalue weighted by atomic mass is 14.8. The number of aryl methyl sites for hydroxylation is 1. The van der Waals surface area contributed by atoms with E-state index in [4.69, 9.17) is 0 Å². The summed E-state index contributed by atoms with van der Waals surface area (Å²) in [7, 11) is 0. The third kappa shape index (κ3) is 4.07. The van der Waals surface area contributed by atoms with Crippen LogP contribution in [0.4, 0.5) is 0 Å². The maximum Gasteiger partial charge on any atom is 0.00228 e. The van der Waals surface area contributed by atoms with Gasteiger partial charge in [0.15, 0.2) is 0 Å². The van der Waals surface area contributed by atoms with Crippen LogP contribution in [-0.2, 0) is 0 Å². The fourth-order valence-corrected chi connectivity index (χ4v) is 3.55. The van der Waals surface area contributed by atoms with Gasteiger partial charge in [0, 0.05) is 6.54 Å². The normalized spacial score (nSPS) is 19.1. The first-order valence-corrected chi connectivity index (χ1v) is 8.09. The van der Waals surface area contributed by atoms with Gasteiger partial charge in [0.25, 0.3) is 0 Å². The van der Waals surface area contributed by atoms with Gasteiger partial charge in [-0.2, -0.15) is 0 Å². The molecule has 0 aliphatic heterocycles. The number of hydrogen-bond donors (Lipinski definition) is 1. The molecule has 0 radical (unpaired) electrons. The Morgan fingerprint density at radius 1 is 1.11 bits per heavy atom. The summed E-state index contributed by atoms with van der Waals surface area (Å²) >= 11 is 0. The maximum absolute atomic E-state index is 3.59. The molecule has 1 fully saturated rings. The fraction of sp³-hybridized carbons (Fsp3) is 0.667. The van der Waals surface area contributed by atoms with Crippen molar-refractivity contribution < 1.29 is 0 Å². The molecule has 0 spiro atoms. The smallest absolute Gasteiger partial charge is 0.00228 e. The van der Waals surface area contributed by atoms with Crippen molar-refractivity contribution >= 4 is 0 Å². The number of benzene rings is 1. The van der Waals surface area contributed by atoms with Crippen LogP contribution in [0.1, 0.15) is 62.5 Å². The van der Waals surface area contributed by atoms with E-state index in [-0.39, 0.29) is 0 Å². The SMILES string of the molecule is CCNCC(c1ccccc1C)C1CCCCCC1. The number of likely N-dealkylation sites (N-methyl/N-ethyl adjacent to an activating group) is 1. The van der Waals surface area contributed by atoms with E-state index in [1.54, 1.807) is 5.56 Å². The van der Waals surface area contributed by atoms with E-state index in [0.717, 1.165) is 19.0 Å². The van der Waals surface area contributed by atoms with Crippen LogP contribution in [0.2, 0.25) is 0 Å². The Labute approximate surface area is 118 Å². The third-order valence-corrected chi connectivity index (χ3v) is 4.67. The monoisotopic (exact) mass is 259 g/mol. The van der Waals surface area contributed by atoms with Crippen LogP contribution in [-0.4, -0.2) is 13.1 Å². The molecule has 106 valence electrons. The predicted octanol–water partition coefficient (Wildman–Crippen LogP) is 4.66. The predicted molar refractivity (Wildman–Crippen MR) is 83.7 cm³/mol. The van der Waals surface area contributed by atoms with Crippen molar-refractivity contribution in [3.63, 3.8) is 0 Å². The highest BCUT2D eigenvalue weighted by molar-refractivity contribution is 5.30. The Balaban J connectivity index is 2.16. The van der Waals surface area contributed by atoms with Gasteiger partial charge in [-0.25, -0.2) is 0 Å². The summed E-state index contributed by atoms with van der Waals surface area (Å²) in [6.07, 6.45) is 8.59. The molecule has 1 aliphatic rings. The van der Waals surface area contributed by atoms with E-state index >= 15 is 0 Å². The van der Waals surface area contributed by atoms with Gasteiger partial charge in [0.1, 0.15) is 0 Å². The van der Waals surface area contributed by atoms with E-state index in [0.29, 0.717) is 5.92 Å². The second-order valence-electron chi connectivity index (χ2n) is 6.02. The van der Waals surface area contributed by atoms with Crippen LogP contribution in [0.5, 0.6) is 0 Å². The van der Waals surface area contributed by atoms with Gasteiger partial charge in [-0.15, -0.1) is 0 Å². The molecule has 1 saturated carbocycles. The Morgan fingerprint density at radius 3 is 2.42 bits per heavy atom. The standard InChI is InChI=1S/C18H29N/c1-3-19-14-18(16-11-6-4-5-7-12-16)17-13-9-8-10-15(17)2/h8-10,13,16,18-19H,3-7,11-12,14H2,1-2H3. The molecule has 1 aromatic carbocycles. The van der Waals surface area contributed by atoms with Gasteiger partial charge in [-0.3, -0.25) is 0 Å². The zero-order valence-corrected chi connectivity index (χ0v) is 12.6. The van der Waals surface area contributed by atoms with Crippen molar-refractivity contribution in [1.29, 1.82) is 0 Å². The largest absolute Gasteiger partial charge is 0.316 e. The second kappa shape index (κ2) is 7.69. The molecule has 0 heterocycles. The first kappa shape index (κ1) is 14.6. The van der Waals surface area contributed by atoms with Crippen LogP contribution in [0.3, 0.4) is 0 Å². The second-order valence-corrected chi connectivity index (χ2v) is 6.02. The molecule has 1 N–H and O–H groups in total. The molecule has 1 nitrogen and oxygen atoms in total. The Bertz CT molecular complexity index is 364. The molecule has 1 aliphatic carbocycles. The minimum atomic E-state index is 0.708. The zero-order valence-electron chi connectivity index (χ0n) is 12.6. The third-order valence-electron chi connectivity index (χ3n) is 4.67. The van der Waals surface area contributed by atoms with E-state index < -0.39 is 0 Å². The van der Waals surface area contributed by atoms with Gasteiger partial charge in [-0.05, 0) is 49.3 Å². The summed E-state index contributed by atoms with van der Waals surface area (Å²) in [5.41, 5.74) is 3.05. The lowest BCUT2D eigenvalue weighted by Crippen LogP contribution is -2.27. The zero-order chi connectivity index (χ0) is 13.5. The summed E-state index contributed by atoms with van der Waals surface area (Å²) < 4.78 is 0. The summed E-state index contributed by atoms with van der Waals surface area (Å²) in [6.45, 7) is 6.70. The highest BCUT2D eigenvalue weighted by Crippen LogP contribution is 2.36. The Morgan fingerprint density at radius 2 is 1.79 bits per heavy atom. The van der Waals surface area contributed by atoms with E-state index in [9.17, 15) is 0 Å². The molecule has 0 amide bonds. The lowest BCUT2D eigenvalue weighted by atomic mass is 9.80. The summed E-state index contributed by atoms with van der Waals surface area (Å²) in [5, 5.41) is 3.59. The molecule has 0 saturated heterocycles. The molecule has 1 unspecified atom stereocenters. The Hall–Kier alpha value is -0.820. The number of rotatable bonds is 5. The molecule has 19 heavy (non-hydrogen) atoms. The van der Waals surface area contributed by atoms with Crippen LogP contribution >= 0.6 is 0 Å². The van der Waals surface area contributed by atoms with Gasteiger partial charge in [0.05, 0.1) is 0 Å². The topological polar surface area (TPSA) is 12.0 Å². The first-order chi connectivity index (χ1) is 9.33. The molecule has 1 atom stereocenters. The maximum atomic E-state index is 3.59. The lowest BCUT2D eigenvalue weighted by molar-refractivity contribution is 0.362. The summed E-state index contributed by atoms with van der Waals surface area (Å²) in [4.78, 5) is 0. The molecular formula is C18H29N. The van der Waals surface area contributed by atoms with Crippen molar-refractivity contribution in [3.8, 4) is 0 Å². The average Bonchev–Trinajstić information content (AvgIpc) is 2.70. The van der Waals surface area contributed by atoms with Gasteiger partial charge in [0.2, 0.25) is 0 Å². The molecule has 2 rings (SSSR count). The quantitative estimate of drug-likeness (QED) is 0.758. The lowest BCUT2D eigenvalue weighted by Gasteiger charge is -2.28. The highest BCUT2D eigenvalue weighted by Gasteiger charge is 2.24. The van der Waals surface area contributed by atoms with Gasteiger partial charge >= 0.3 is 0 Å². The fourth-order valence-electron chi connectivity index (χ4n) is 3.55. The first-order valence-electron chi connectivity index (χ1n) is 8.09. The molecule has 1 aromatic rings. The van der Waals surface area contributed by atoms with Crippen molar-refractivity contribution in [2.24, 2.45) is 5.92 Å². The van der Waals surface area contributed by atoms with E-state index in [1.165, 1.54) is 44.1 Å². The van der Waals surface area contributed by atoms with Gasteiger partial charge in [-0.1, -0.05) is 56.9 Å². The molecular weight excluding hydrogens is 230 g/mol. The number of nitrogens with one attached hydrogen (secondary N) is 1. The van der Waals surface area contributed by atoms with Crippen molar-refractivity contribution in [2.75, 3.05) is 13.1 Å². The van der Waals surface area contributed by atoms with Crippen LogP contribution in [0, 0.1) is 12.8 Å². The van der Waals surface area contributed by atoms with E-state index in [1.807, 2.05) is 0 Å². The van der Waals surface area contributed by atoms with Crippen LogP contribution in [0.15, 0.2) is 24.3 Å². The van der Waals surface area contributed by atoms with Crippen molar-refractivity contribution in [2.45, 2.75) is 58.3 Å². The van der Waals surface area contributed by atoms with E-state index in [2.05, 4.69) is 43.4 Å².